The lowest BCUT2D eigenvalue weighted by molar-refractivity contribution is -0.182. The Morgan fingerprint density at radius 3 is 2.76 bits per heavy atom. The van der Waals surface area contributed by atoms with Crippen LogP contribution < -0.4 is 10.1 Å². The van der Waals surface area contributed by atoms with E-state index in [1.807, 2.05) is 0 Å². The van der Waals surface area contributed by atoms with E-state index in [-0.39, 0.29) is 24.8 Å². The minimum atomic E-state index is -4.41. The molecule has 1 aliphatic rings. The second-order valence-corrected chi connectivity index (χ2v) is 4.91. The van der Waals surface area contributed by atoms with Crippen molar-refractivity contribution in [2.24, 2.45) is 11.8 Å². The molecule has 2 atom stereocenters. The fourth-order valence-electron chi connectivity index (χ4n) is 2.34. The van der Waals surface area contributed by atoms with Crippen LogP contribution in [0.25, 0.3) is 0 Å². The molecule has 0 bridgehead atoms. The summed E-state index contributed by atoms with van der Waals surface area (Å²) in [5.41, 5.74) is 0. The van der Waals surface area contributed by atoms with Gasteiger partial charge in [0.2, 0.25) is 11.8 Å². The normalized spacial score (nSPS) is 23.1. The summed E-state index contributed by atoms with van der Waals surface area (Å²) >= 11 is 0. The van der Waals surface area contributed by atoms with Crippen LogP contribution in [0, 0.1) is 11.8 Å². The number of halogens is 3. The molecule has 0 saturated carbocycles. The first-order valence-corrected chi connectivity index (χ1v) is 6.23. The van der Waals surface area contributed by atoms with Crippen molar-refractivity contribution < 1.29 is 22.7 Å². The number of methoxy groups -OCH3 is 1. The van der Waals surface area contributed by atoms with Gasteiger partial charge in [-0.15, -0.1) is 0 Å². The molecule has 1 N–H and O–H groups in total. The summed E-state index contributed by atoms with van der Waals surface area (Å²) in [5.74, 6) is -3.21. The average molecular weight is 304 g/mol. The molecular formula is C12H15F3N4O2. The van der Waals surface area contributed by atoms with Gasteiger partial charge in [-0.05, 0) is 7.05 Å². The summed E-state index contributed by atoms with van der Waals surface area (Å²) in [7, 11) is 2.94. The van der Waals surface area contributed by atoms with Gasteiger partial charge in [0.05, 0.1) is 18.9 Å². The van der Waals surface area contributed by atoms with Crippen molar-refractivity contribution in [2.75, 3.05) is 32.6 Å². The van der Waals surface area contributed by atoms with Crippen LogP contribution in [0.2, 0.25) is 0 Å². The third-order valence-corrected chi connectivity index (χ3v) is 3.36. The molecule has 1 aromatic rings. The molecule has 0 radical (unpaired) electrons. The van der Waals surface area contributed by atoms with Gasteiger partial charge in [-0.2, -0.15) is 13.2 Å². The van der Waals surface area contributed by atoms with Gasteiger partial charge in [-0.3, -0.25) is 4.79 Å². The number of ether oxygens (including phenoxy) is 1. The molecule has 1 aliphatic heterocycles. The molecule has 2 heterocycles. The van der Waals surface area contributed by atoms with Crippen LogP contribution in [0.3, 0.4) is 0 Å². The maximum Gasteiger partial charge on any atom is 0.393 e. The molecule has 1 amide bonds. The Bertz CT molecular complexity index is 523. The van der Waals surface area contributed by atoms with E-state index in [4.69, 9.17) is 4.74 Å². The fourth-order valence-corrected chi connectivity index (χ4v) is 2.34. The van der Waals surface area contributed by atoms with Crippen molar-refractivity contribution in [3.05, 3.63) is 12.4 Å². The molecule has 0 spiro atoms. The summed E-state index contributed by atoms with van der Waals surface area (Å²) in [6, 6.07) is 1.35. The average Bonchev–Trinajstić information content (AvgIpc) is 2.81. The number of carbonyl (C=O) groups is 1. The van der Waals surface area contributed by atoms with Crippen molar-refractivity contribution in [3.8, 4) is 5.88 Å². The minimum absolute atomic E-state index is 0.0538. The van der Waals surface area contributed by atoms with Gasteiger partial charge in [0.25, 0.3) is 0 Å². The van der Waals surface area contributed by atoms with Crippen LogP contribution >= 0.6 is 0 Å². The lowest BCUT2D eigenvalue weighted by Crippen LogP contribution is -2.36. The second-order valence-electron chi connectivity index (χ2n) is 4.91. The topological polar surface area (TPSA) is 67.3 Å². The van der Waals surface area contributed by atoms with Crippen LogP contribution in [-0.2, 0) is 4.79 Å². The van der Waals surface area contributed by atoms with E-state index in [1.165, 1.54) is 18.1 Å². The smallest absolute Gasteiger partial charge is 0.393 e. The number of aromatic nitrogens is 2. The number of rotatable bonds is 3. The Labute approximate surface area is 119 Å². The largest absolute Gasteiger partial charge is 0.481 e. The van der Waals surface area contributed by atoms with E-state index < -0.39 is 23.9 Å². The Hall–Kier alpha value is -1.90. The van der Waals surface area contributed by atoms with Gasteiger partial charge in [0.1, 0.15) is 12.1 Å². The lowest BCUT2D eigenvalue weighted by atomic mass is 9.94. The van der Waals surface area contributed by atoms with E-state index in [0.29, 0.717) is 0 Å². The second kappa shape index (κ2) is 5.84. The van der Waals surface area contributed by atoms with Crippen LogP contribution in [0.4, 0.5) is 19.0 Å². The number of likely N-dealkylation sites (tertiary alicyclic amines) is 1. The van der Waals surface area contributed by atoms with Crippen molar-refractivity contribution >= 4 is 11.7 Å². The number of alkyl halides is 3. The number of amides is 1. The van der Waals surface area contributed by atoms with Crippen LogP contribution in [0.15, 0.2) is 12.4 Å². The van der Waals surface area contributed by atoms with Crippen LogP contribution in [-0.4, -0.2) is 54.2 Å². The molecule has 1 aromatic heterocycles. The maximum absolute atomic E-state index is 12.9. The Balaban J connectivity index is 2.11. The minimum Gasteiger partial charge on any atom is -0.481 e. The summed E-state index contributed by atoms with van der Waals surface area (Å²) in [5, 5.41) is 2.38. The molecule has 0 aliphatic carbocycles. The first kappa shape index (κ1) is 15.5. The Kier molecular flexibility index (Phi) is 4.31. The number of nitrogens with one attached hydrogen (secondary N) is 1. The maximum atomic E-state index is 12.9. The molecule has 1 saturated heterocycles. The molecule has 1 fully saturated rings. The monoisotopic (exact) mass is 304 g/mol. The summed E-state index contributed by atoms with van der Waals surface area (Å²) < 4.78 is 43.7. The first-order valence-electron chi connectivity index (χ1n) is 6.23. The molecule has 9 heteroatoms. The van der Waals surface area contributed by atoms with Gasteiger partial charge in [0.15, 0.2) is 0 Å². The number of carbonyl (C=O) groups excluding carboxylic acids is 1. The number of nitrogens with zero attached hydrogens (tertiary/aromatic N) is 3. The highest BCUT2D eigenvalue weighted by molar-refractivity contribution is 5.92. The van der Waals surface area contributed by atoms with Gasteiger partial charge in [-0.1, -0.05) is 0 Å². The third kappa shape index (κ3) is 3.60. The van der Waals surface area contributed by atoms with Gasteiger partial charge < -0.3 is 15.0 Å². The molecule has 6 nitrogen and oxygen atoms in total. The molecule has 2 rings (SSSR count). The van der Waals surface area contributed by atoms with Crippen molar-refractivity contribution in [1.82, 2.24) is 14.9 Å². The predicted octanol–water partition coefficient (Wildman–Crippen LogP) is 1.16. The highest BCUT2D eigenvalue weighted by Crippen LogP contribution is 2.37. The third-order valence-electron chi connectivity index (χ3n) is 3.36. The molecule has 21 heavy (non-hydrogen) atoms. The Morgan fingerprint density at radius 2 is 2.14 bits per heavy atom. The van der Waals surface area contributed by atoms with Crippen molar-refractivity contribution in [3.63, 3.8) is 0 Å². The molecular weight excluding hydrogens is 289 g/mol. The molecule has 116 valence electrons. The summed E-state index contributed by atoms with van der Waals surface area (Å²) in [6.45, 7) is -0.132. The zero-order valence-electron chi connectivity index (χ0n) is 11.5. The molecule has 0 aromatic carbocycles. The fraction of sp³-hybridized carbons (Fsp3) is 0.583. The summed E-state index contributed by atoms with van der Waals surface area (Å²) in [4.78, 5) is 21.1. The van der Waals surface area contributed by atoms with E-state index in [0.717, 1.165) is 6.33 Å². The summed E-state index contributed by atoms with van der Waals surface area (Å²) in [6.07, 6.45) is -3.24. The Morgan fingerprint density at radius 1 is 1.43 bits per heavy atom. The van der Waals surface area contributed by atoms with Crippen LogP contribution in [0.1, 0.15) is 0 Å². The van der Waals surface area contributed by atoms with E-state index in [2.05, 4.69) is 15.3 Å². The predicted molar refractivity (Wildman–Crippen MR) is 67.7 cm³/mol. The van der Waals surface area contributed by atoms with Gasteiger partial charge >= 0.3 is 6.18 Å². The van der Waals surface area contributed by atoms with E-state index in [9.17, 15) is 18.0 Å². The number of hydrogen-bond acceptors (Lipinski definition) is 5. The molecule has 0 unspecified atom stereocenters. The van der Waals surface area contributed by atoms with Crippen molar-refractivity contribution in [2.45, 2.75) is 6.18 Å². The van der Waals surface area contributed by atoms with E-state index >= 15 is 0 Å². The van der Waals surface area contributed by atoms with Crippen molar-refractivity contribution in [1.29, 1.82) is 0 Å². The van der Waals surface area contributed by atoms with Crippen LogP contribution in [0.5, 0.6) is 5.88 Å². The number of anilines is 1. The quantitative estimate of drug-likeness (QED) is 0.908. The lowest BCUT2D eigenvalue weighted by Gasteiger charge is -2.20. The number of hydrogen-bond donors (Lipinski definition) is 1. The highest BCUT2D eigenvalue weighted by atomic mass is 19.4. The zero-order chi connectivity index (χ0) is 15.6. The SMILES string of the molecule is COc1cc(NC(=O)[C@@H]2CN(C)C[C@H]2C(F)(F)F)ncn1. The highest BCUT2D eigenvalue weighted by Gasteiger charge is 2.51. The first-order chi connectivity index (χ1) is 9.81. The van der Waals surface area contributed by atoms with Gasteiger partial charge in [-0.25, -0.2) is 9.97 Å². The standard InChI is InChI=1S/C12H15F3N4O2/c1-19-4-7(8(5-19)12(13,14)15)11(20)18-9-3-10(21-2)17-6-16-9/h3,6-8H,4-5H2,1-2H3,(H,16,17,18,20)/t7-,8-/m1/s1. The van der Waals surface area contributed by atoms with Gasteiger partial charge in [0, 0.05) is 19.2 Å². The zero-order valence-corrected chi connectivity index (χ0v) is 11.5. The van der Waals surface area contributed by atoms with E-state index in [1.54, 1.807) is 7.05 Å².